The molecule has 1 fully saturated rings. The number of amides is 2. The summed E-state index contributed by atoms with van der Waals surface area (Å²) in [5.74, 6) is 0.692. The Morgan fingerprint density at radius 2 is 2.00 bits per heavy atom. The van der Waals surface area contributed by atoms with Gasteiger partial charge in [-0.2, -0.15) is 0 Å². The zero-order chi connectivity index (χ0) is 16.1. The minimum absolute atomic E-state index is 0.0484. The third kappa shape index (κ3) is 3.91. The highest BCUT2D eigenvalue weighted by Crippen LogP contribution is 2.25. The van der Waals surface area contributed by atoms with E-state index in [1.807, 2.05) is 30.0 Å². The van der Waals surface area contributed by atoms with Crippen molar-refractivity contribution in [3.8, 4) is 5.75 Å². The van der Waals surface area contributed by atoms with Crippen LogP contribution < -0.4 is 10.1 Å². The molecule has 1 saturated heterocycles. The molecule has 5 heteroatoms. The van der Waals surface area contributed by atoms with E-state index in [0.717, 1.165) is 43.9 Å². The number of carbonyl (C=O) groups excluding carboxylic acids is 1. The minimum atomic E-state index is -0.0484. The summed E-state index contributed by atoms with van der Waals surface area (Å²) in [5.41, 5.74) is 1.83. The average molecular weight is 305 g/mol. The van der Waals surface area contributed by atoms with Gasteiger partial charge in [0.1, 0.15) is 5.75 Å². The Labute approximate surface area is 133 Å². The van der Waals surface area contributed by atoms with Crippen LogP contribution in [0, 0.1) is 6.92 Å². The van der Waals surface area contributed by atoms with E-state index >= 15 is 0 Å². The molecule has 0 aliphatic carbocycles. The number of methoxy groups -OCH3 is 1. The van der Waals surface area contributed by atoms with Crippen LogP contribution in [0.25, 0.3) is 0 Å². The van der Waals surface area contributed by atoms with Crippen LogP contribution in [0.3, 0.4) is 0 Å². The van der Waals surface area contributed by atoms with Crippen molar-refractivity contribution in [3.05, 3.63) is 23.8 Å². The van der Waals surface area contributed by atoms with Gasteiger partial charge >= 0.3 is 6.03 Å². The molecule has 0 spiro atoms. The Bertz CT molecular complexity index is 511. The Kier molecular flexibility index (Phi) is 5.66. The Hall–Kier alpha value is -1.75. The second kappa shape index (κ2) is 7.49. The molecule has 1 aliphatic rings. The van der Waals surface area contributed by atoms with Crippen molar-refractivity contribution in [1.82, 2.24) is 9.80 Å². The fraction of sp³-hybridized carbons (Fsp3) is 0.588. The van der Waals surface area contributed by atoms with Gasteiger partial charge in [-0.15, -0.1) is 0 Å². The molecule has 122 valence electrons. The maximum atomic E-state index is 12.4. The maximum absolute atomic E-state index is 12.4. The van der Waals surface area contributed by atoms with E-state index in [9.17, 15) is 4.79 Å². The molecular formula is C17H27N3O2. The number of piperazine rings is 1. The second-order valence-corrected chi connectivity index (χ2v) is 5.91. The first-order valence-corrected chi connectivity index (χ1v) is 7.99. The predicted molar refractivity (Wildman–Crippen MR) is 89.6 cm³/mol. The van der Waals surface area contributed by atoms with E-state index < -0.39 is 0 Å². The van der Waals surface area contributed by atoms with Crippen LogP contribution in [0.1, 0.15) is 25.8 Å². The molecule has 0 radical (unpaired) electrons. The van der Waals surface area contributed by atoms with Crippen LogP contribution in [0.5, 0.6) is 5.75 Å². The zero-order valence-corrected chi connectivity index (χ0v) is 14.1. The molecule has 1 aromatic rings. The summed E-state index contributed by atoms with van der Waals surface area (Å²) in [7, 11) is 1.62. The average Bonchev–Trinajstić information content (AvgIpc) is 2.54. The third-order valence-corrected chi connectivity index (χ3v) is 4.41. The first kappa shape index (κ1) is 16.6. The van der Waals surface area contributed by atoms with E-state index in [4.69, 9.17) is 4.74 Å². The minimum Gasteiger partial charge on any atom is -0.495 e. The quantitative estimate of drug-likeness (QED) is 0.930. The van der Waals surface area contributed by atoms with Gasteiger partial charge in [-0.1, -0.05) is 13.0 Å². The van der Waals surface area contributed by atoms with Crippen LogP contribution in [0.2, 0.25) is 0 Å². The molecule has 1 unspecified atom stereocenters. The van der Waals surface area contributed by atoms with Crippen LogP contribution in [0.15, 0.2) is 18.2 Å². The molecular weight excluding hydrogens is 278 g/mol. The number of benzene rings is 1. The fourth-order valence-corrected chi connectivity index (χ4v) is 2.74. The molecule has 0 saturated carbocycles. The van der Waals surface area contributed by atoms with Crippen LogP contribution in [-0.2, 0) is 0 Å². The van der Waals surface area contributed by atoms with Gasteiger partial charge in [0, 0.05) is 32.2 Å². The number of carbonyl (C=O) groups is 1. The van der Waals surface area contributed by atoms with Gasteiger partial charge in [0.2, 0.25) is 0 Å². The monoisotopic (exact) mass is 305 g/mol. The van der Waals surface area contributed by atoms with E-state index in [1.165, 1.54) is 0 Å². The molecule has 1 atom stereocenters. The summed E-state index contributed by atoms with van der Waals surface area (Å²) < 4.78 is 5.31. The van der Waals surface area contributed by atoms with Crippen LogP contribution >= 0.6 is 0 Å². The van der Waals surface area contributed by atoms with Gasteiger partial charge in [-0.3, -0.25) is 4.90 Å². The van der Waals surface area contributed by atoms with Crippen LogP contribution in [0.4, 0.5) is 10.5 Å². The molecule has 0 aromatic heterocycles. The number of hydrogen-bond acceptors (Lipinski definition) is 3. The SMILES string of the molecule is CCC(C)N1CCN(C(=O)Nc2cc(C)ccc2OC)CC1. The number of aryl methyl sites for hydroxylation is 1. The van der Waals surface area contributed by atoms with Gasteiger partial charge in [0.05, 0.1) is 12.8 Å². The fourth-order valence-electron chi connectivity index (χ4n) is 2.74. The topological polar surface area (TPSA) is 44.8 Å². The predicted octanol–water partition coefficient (Wildman–Crippen LogP) is 2.95. The van der Waals surface area contributed by atoms with Gasteiger partial charge < -0.3 is 15.0 Å². The first-order chi connectivity index (χ1) is 10.5. The van der Waals surface area contributed by atoms with Crippen molar-refractivity contribution >= 4 is 11.7 Å². The van der Waals surface area contributed by atoms with Crippen LogP contribution in [-0.4, -0.2) is 55.2 Å². The summed E-state index contributed by atoms with van der Waals surface area (Å²) in [6, 6.07) is 6.33. The van der Waals surface area contributed by atoms with Crippen molar-refractivity contribution < 1.29 is 9.53 Å². The Morgan fingerprint density at radius 1 is 1.32 bits per heavy atom. The van der Waals surface area contributed by atoms with Crippen molar-refractivity contribution in [1.29, 1.82) is 0 Å². The summed E-state index contributed by atoms with van der Waals surface area (Å²) in [4.78, 5) is 16.8. The molecule has 22 heavy (non-hydrogen) atoms. The summed E-state index contributed by atoms with van der Waals surface area (Å²) in [6.07, 6.45) is 1.15. The molecule has 1 aromatic carbocycles. The van der Waals surface area contributed by atoms with Gasteiger partial charge in [-0.25, -0.2) is 4.79 Å². The maximum Gasteiger partial charge on any atom is 0.322 e. The number of rotatable bonds is 4. The molecule has 1 aliphatic heterocycles. The lowest BCUT2D eigenvalue weighted by Crippen LogP contribution is -2.52. The van der Waals surface area contributed by atoms with Gasteiger partial charge in [0.15, 0.2) is 0 Å². The number of urea groups is 1. The number of nitrogens with one attached hydrogen (secondary N) is 1. The number of nitrogens with zero attached hydrogens (tertiary/aromatic N) is 2. The van der Waals surface area contributed by atoms with E-state index in [2.05, 4.69) is 24.1 Å². The standard InChI is InChI=1S/C17H27N3O2/c1-5-14(3)19-8-10-20(11-9-19)17(21)18-15-12-13(2)6-7-16(15)22-4/h6-7,12,14H,5,8-11H2,1-4H3,(H,18,21). The summed E-state index contributed by atoms with van der Waals surface area (Å²) in [6.45, 7) is 9.86. The molecule has 0 bridgehead atoms. The first-order valence-electron chi connectivity index (χ1n) is 7.99. The number of hydrogen-bond donors (Lipinski definition) is 1. The van der Waals surface area contributed by atoms with E-state index in [1.54, 1.807) is 7.11 Å². The Balaban J connectivity index is 1.95. The normalized spacial score (nSPS) is 17.2. The molecule has 2 amide bonds. The van der Waals surface area contributed by atoms with Crippen molar-refractivity contribution in [2.45, 2.75) is 33.2 Å². The van der Waals surface area contributed by atoms with E-state index in [-0.39, 0.29) is 6.03 Å². The number of ether oxygens (including phenoxy) is 1. The lowest BCUT2D eigenvalue weighted by atomic mass is 10.2. The molecule has 5 nitrogen and oxygen atoms in total. The third-order valence-electron chi connectivity index (χ3n) is 4.41. The van der Waals surface area contributed by atoms with Crippen molar-refractivity contribution in [2.75, 3.05) is 38.6 Å². The smallest absolute Gasteiger partial charge is 0.322 e. The highest BCUT2D eigenvalue weighted by molar-refractivity contribution is 5.91. The van der Waals surface area contributed by atoms with E-state index in [0.29, 0.717) is 11.8 Å². The molecule has 1 N–H and O–H groups in total. The second-order valence-electron chi connectivity index (χ2n) is 5.91. The summed E-state index contributed by atoms with van der Waals surface area (Å²) in [5, 5.41) is 2.97. The zero-order valence-electron chi connectivity index (χ0n) is 14.1. The largest absolute Gasteiger partial charge is 0.495 e. The van der Waals surface area contributed by atoms with Crippen molar-refractivity contribution in [3.63, 3.8) is 0 Å². The molecule has 1 heterocycles. The lowest BCUT2D eigenvalue weighted by molar-refractivity contribution is 0.117. The van der Waals surface area contributed by atoms with Gasteiger partial charge in [0.25, 0.3) is 0 Å². The Morgan fingerprint density at radius 3 is 2.59 bits per heavy atom. The summed E-state index contributed by atoms with van der Waals surface area (Å²) >= 11 is 0. The van der Waals surface area contributed by atoms with Gasteiger partial charge in [-0.05, 0) is 38.0 Å². The highest BCUT2D eigenvalue weighted by atomic mass is 16.5. The van der Waals surface area contributed by atoms with Crippen molar-refractivity contribution in [2.24, 2.45) is 0 Å². The highest BCUT2D eigenvalue weighted by Gasteiger charge is 2.23. The molecule has 2 rings (SSSR count). The lowest BCUT2D eigenvalue weighted by Gasteiger charge is -2.37. The number of anilines is 1.